The van der Waals surface area contributed by atoms with Crippen molar-refractivity contribution in [2.45, 2.75) is 25.4 Å². The smallest absolute Gasteiger partial charge is 0.0240 e. The fourth-order valence-corrected chi connectivity index (χ4v) is 2.82. The SMILES string of the molecule is C[C@@H]1CCCP1C. The van der Waals surface area contributed by atoms with Gasteiger partial charge in [-0.2, -0.15) is 0 Å². The zero-order chi connectivity index (χ0) is 5.28. The molecule has 0 nitrogen and oxygen atoms in total. The highest BCUT2D eigenvalue weighted by atomic mass is 31.1. The van der Waals surface area contributed by atoms with Gasteiger partial charge < -0.3 is 0 Å². The Balaban J connectivity index is 2.33. The first-order valence-electron chi connectivity index (χ1n) is 3.01. The topological polar surface area (TPSA) is 0 Å². The molecule has 0 bridgehead atoms. The van der Waals surface area contributed by atoms with Crippen molar-refractivity contribution in [1.29, 1.82) is 0 Å². The first-order valence-corrected chi connectivity index (χ1v) is 5.05. The summed E-state index contributed by atoms with van der Waals surface area (Å²) in [4.78, 5) is 0. The largest absolute Gasteiger partial charge is 0.107 e. The molecule has 0 N–H and O–H groups in total. The van der Waals surface area contributed by atoms with Crippen molar-refractivity contribution < 1.29 is 0 Å². The molecule has 1 saturated heterocycles. The van der Waals surface area contributed by atoms with E-state index in [0.29, 0.717) is 7.92 Å². The lowest BCUT2D eigenvalue weighted by Crippen LogP contribution is -1.87. The van der Waals surface area contributed by atoms with Crippen LogP contribution in [0.25, 0.3) is 0 Å². The summed E-state index contributed by atoms with van der Waals surface area (Å²) in [5, 5.41) is 0. The summed E-state index contributed by atoms with van der Waals surface area (Å²) in [6.07, 6.45) is 4.54. The van der Waals surface area contributed by atoms with Crippen LogP contribution >= 0.6 is 7.92 Å². The van der Waals surface area contributed by atoms with Gasteiger partial charge >= 0.3 is 0 Å². The van der Waals surface area contributed by atoms with Gasteiger partial charge in [0, 0.05) is 0 Å². The van der Waals surface area contributed by atoms with E-state index < -0.39 is 0 Å². The lowest BCUT2D eigenvalue weighted by molar-refractivity contribution is 0.836. The van der Waals surface area contributed by atoms with E-state index in [0.717, 1.165) is 5.66 Å². The summed E-state index contributed by atoms with van der Waals surface area (Å²) < 4.78 is 0. The monoisotopic (exact) mass is 116 g/mol. The van der Waals surface area contributed by atoms with Crippen LogP contribution in [-0.2, 0) is 0 Å². The van der Waals surface area contributed by atoms with E-state index in [1.807, 2.05) is 0 Å². The van der Waals surface area contributed by atoms with Gasteiger partial charge in [0.2, 0.25) is 0 Å². The molecule has 2 atom stereocenters. The summed E-state index contributed by atoms with van der Waals surface area (Å²) in [6.45, 7) is 4.81. The maximum atomic E-state index is 2.42. The molecule has 1 fully saturated rings. The normalized spacial score (nSPS) is 42.0. The van der Waals surface area contributed by atoms with Crippen molar-refractivity contribution in [1.82, 2.24) is 0 Å². The molecule has 1 aliphatic heterocycles. The maximum absolute atomic E-state index is 2.42. The van der Waals surface area contributed by atoms with Crippen LogP contribution in [0.1, 0.15) is 19.8 Å². The van der Waals surface area contributed by atoms with Gasteiger partial charge in [-0.05, 0) is 31.3 Å². The van der Waals surface area contributed by atoms with Crippen LogP contribution in [0.3, 0.4) is 0 Å². The molecule has 1 aliphatic rings. The van der Waals surface area contributed by atoms with Gasteiger partial charge in [-0.25, -0.2) is 0 Å². The summed E-state index contributed by atoms with van der Waals surface area (Å²) >= 11 is 0. The van der Waals surface area contributed by atoms with Crippen LogP contribution < -0.4 is 0 Å². The van der Waals surface area contributed by atoms with Gasteiger partial charge in [0.05, 0.1) is 0 Å². The number of hydrogen-bond donors (Lipinski definition) is 0. The second-order valence-electron chi connectivity index (χ2n) is 2.47. The Morgan fingerprint density at radius 1 is 1.57 bits per heavy atom. The van der Waals surface area contributed by atoms with Gasteiger partial charge in [-0.3, -0.25) is 0 Å². The van der Waals surface area contributed by atoms with Gasteiger partial charge in [0.25, 0.3) is 0 Å². The third-order valence-electron chi connectivity index (χ3n) is 1.89. The van der Waals surface area contributed by atoms with E-state index in [1.54, 1.807) is 0 Å². The molecule has 1 rings (SSSR count). The standard InChI is InChI=1S/C6H13P/c1-6-4-3-5-7(6)2/h6H,3-5H2,1-2H3/t6-,7?/m1/s1. The highest BCUT2D eigenvalue weighted by Gasteiger charge is 2.16. The molecule has 1 heteroatoms. The molecule has 1 unspecified atom stereocenters. The summed E-state index contributed by atoms with van der Waals surface area (Å²) in [5.74, 6) is 0. The number of rotatable bonds is 0. The Morgan fingerprint density at radius 3 is 2.43 bits per heavy atom. The minimum atomic E-state index is 0.474. The summed E-state index contributed by atoms with van der Waals surface area (Å²) in [6, 6.07) is 0. The van der Waals surface area contributed by atoms with Crippen LogP contribution in [0.15, 0.2) is 0 Å². The van der Waals surface area contributed by atoms with E-state index in [2.05, 4.69) is 13.6 Å². The summed E-state index contributed by atoms with van der Waals surface area (Å²) in [5.41, 5.74) is 1.08. The van der Waals surface area contributed by atoms with Crippen molar-refractivity contribution in [3.8, 4) is 0 Å². The third-order valence-corrected chi connectivity index (χ3v) is 4.67. The Hall–Kier alpha value is 0.430. The molecule has 1 heterocycles. The van der Waals surface area contributed by atoms with Gasteiger partial charge in [-0.15, -0.1) is 7.92 Å². The van der Waals surface area contributed by atoms with Gasteiger partial charge in [0.1, 0.15) is 0 Å². The second-order valence-corrected chi connectivity index (χ2v) is 5.31. The zero-order valence-electron chi connectivity index (χ0n) is 5.15. The van der Waals surface area contributed by atoms with Crippen molar-refractivity contribution in [2.24, 2.45) is 0 Å². The van der Waals surface area contributed by atoms with Crippen LogP contribution in [0, 0.1) is 0 Å². The highest BCUT2D eigenvalue weighted by molar-refractivity contribution is 7.57. The second kappa shape index (κ2) is 2.13. The lowest BCUT2D eigenvalue weighted by atomic mass is 10.3. The average Bonchev–Trinajstić information content (AvgIpc) is 1.91. The molecule has 7 heavy (non-hydrogen) atoms. The quantitative estimate of drug-likeness (QED) is 0.426. The minimum Gasteiger partial charge on any atom is -0.107 e. The third kappa shape index (κ3) is 1.16. The van der Waals surface area contributed by atoms with Crippen LogP contribution in [0.2, 0.25) is 0 Å². The molecule has 0 spiro atoms. The van der Waals surface area contributed by atoms with E-state index in [4.69, 9.17) is 0 Å². The van der Waals surface area contributed by atoms with Gasteiger partial charge in [-0.1, -0.05) is 6.92 Å². The molecular weight excluding hydrogens is 103 g/mol. The van der Waals surface area contributed by atoms with E-state index >= 15 is 0 Å². The Kier molecular flexibility index (Phi) is 1.69. The van der Waals surface area contributed by atoms with E-state index in [-0.39, 0.29) is 0 Å². The highest BCUT2D eigenvalue weighted by Crippen LogP contribution is 2.45. The molecule has 0 radical (unpaired) electrons. The van der Waals surface area contributed by atoms with E-state index in [1.165, 1.54) is 19.0 Å². The van der Waals surface area contributed by atoms with Crippen molar-refractivity contribution in [2.75, 3.05) is 12.8 Å². The Bertz CT molecular complexity index is 53.2. The summed E-state index contributed by atoms with van der Waals surface area (Å²) in [7, 11) is 0.474. The number of hydrogen-bond acceptors (Lipinski definition) is 0. The Labute approximate surface area is 47.1 Å². The fourth-order valence-electron chi connectivity index (χ4n) is 1.08. The molecule has 0 aliphatic carbocycles. The average molecular weight is 116 g/mol. The van der Waals surface area contributed by atoms with E-state index in [9.17, 15) is 0 Å². The predicted octanol–water partition coefficient (Wildman–Crippen LogP) is 2.28. The molecule has 0 aromatic carbocycles. The van der Waals surface area contributed by atoms with Crippen molar-refractivity contribution in [3.05, 3.63) is 0 Å². The molecule has 0 amide bonds. The molecule has 0 aromatic heterocycles. The molecular formula is C6H13P. The maximum Gasteiger partial charge on any atom is -0.0240 e. The minimum absolute atomic E-state index is 0.474. The van der Waals surface area contributed by atoms with Crippen molar-refractivity contribution >= 4 is 7.92 Å². The fraction of sp³-hybridized carbons (Fsp3) is 1.00. The van der Waals surface area contributed by atoms with Crippen LogP contribution in [0.4, 0.5) is 0 Å². The zero-order valence-corrected chi connectivity index (χ0v) is 6.04. The van der Waals surface area contributed by atoms with Crippen LogP contribution in [0.5, 0.6) is 0 Å². The van der Waals surface area contributed by atoms with Gasteiger partial charge in [0.15, 0.2) is 0 Å². The molecule has 42 valence electrons. The molecule has 0 saturated carbocycles. The molecule has 0 aromatic rings. The first-order chi connectivity index (χ1) is 3.30. The van der Waals surface area contributed by atoms with Crippen molar-refractivity contribution in [3.63, 3.8) is 0 Å². The predicted molar refractivity (Wildman–Crippen MR) is 36.4 cm³/mol. The first kappa shape index (κ1) is 5.56. The Morgan fingerprint density at radius 2 is 2.29 bits per heavy atom. The lowest BCUT2D eigenvalue weighted by Gasteiger charge is -2.06. The van der Waals surface area contributed by atoms with Crippen LogP contribution in [-0.4, -0.2) is 18.5 Å².